The number of hydrogen-bond donors (Lipinski definition) is 0. The molecule has 0 aliphatic carbocycles. The third-order valence-electron chi connectivity index (χ3n) is 6.87. The molecular weight excluding hydrogens is 452 g/mol. The number of ether oxygens (including phenoxy) is 2. The van der Waals surface area contributed by atoms with Gasteiger partial charge in [0.1, 0.15) is 0 Å². The molecule has 1 aliphatic heterocycles. The molecule has 0 saturated carbocycles. The second-order valence-electron chi connectivity index (χ2n) is 9.82. The predicted octanol–water partition coefficient (Wildman–Crippen LogP) is 4.59. The lowest BCUT2D eigenvalue weighted by atomic mass is 10.1. The quantitative estimate of drug-likeness (QED) is 0.336. The largest absolute Gasteiger partial charge is 0.478 e. The van der Waals surface area contributed by atoms with Crippen LogP contribution in [0.2, 0.25) is 0 Å². The molecular formula is C28H36N6O2. The van der Waals surface area contributed by atoms with E-state index in [0.717, 1.165) is 71.9 Å². The minimum Gasteiger partial charge on any atom is -0.478 e. The third-order valence-corrected chi connectivity index (χ3v) is 6.87. The SMILES string of the molecule is CCN(C)CCCOc1ccc(-c2ccc3ncc4c(C)nc(N5C[C@@H](C)O[C@@H](C)C5)n4c3c2)cn1. The van der Waals surface area contributed by atoms with E-state index < -0.39 is 0 Å². The van der Waals surface area contributed by atoms with Gasteiger partial charge in [-0.15, -0.1) is 0 Å². The first-order valence-corrected chi connectivity index (χ1v) is 12.9. The first-order valence-electron chi connectivity index (χ1n) is 12.9. The lowest BCUT2D eigenvalue weighted by molar-refractivity contribution is -0.00573. The highest BCUT2D eigenvalue weighted by Gasteiger charge is 2.26. The molecule has 1 saturated heterocycles. The van der Waals surface area contributed by atoms with E-state index in [0.29, 0.717) is 12.5 Å². The molecule has 4 aromatic rings. The molecule has 3 aromatic heterocycles. The fraction of sp³-hybridized carbons (Fsp3) is 0.464. The number of aromatic nitrogens is 4. The zero-order valence-electron chi connectivity index (χ0n) is 21.9. The molecule has 1 aliphatic rings. The average molecular weight is 489 g/mol. The molecule has 1 aromatic carbocycles. The van der Waals surface area contributed by atoms with E-state index in [4.69, 9.17) is 19.4 Å². The van der Waals surface area contributed by atoms with Crippen LogP contribution in [0.1, 0.15) is 32.9 Å². The number of rotatable bonds is 8. The molecule has 8 heteroatoms. The van der Waals surface area contributed by atoms with Gasteiger partial charge in [-0.25, -0.2) is 9.97 Å². The van der Waals surface area contributed by atoms with Gasteiger partial charge in [-0.2, -0.15) is 0 Å². The molecule has 0 bridgehead atoms. The summed E-state index contributed by atoms with van der Waals surface area (Å²) in [6, 6.07) is 10.4. The number of fused-ring (bicyclic) bond motifs is 3. The lowest BCUT2D eigenvalue weighted by Gasteiger charge is -2.35. The van der Waals surface area contributed by atoms with Crippen LogP contribution >= 0.6 is 0 Å². The number of imidazole rings is 1. The number of hydrogen-bond acceptors (Lipinski definition) is 7. The summed E-state index contributed by atoms with van der Waals surface area (Å²) < 4.78 is 14.1. The van der Waals surface area contributed by atoms with Gasteiger partial charge in [-0.1, -0.05) is 13.0 Å². The van der Waals surface area contributed by atoms with Gasteiger partial charge in [0.15, 0.2) is 0 Å². The molecule has 0 unspecified atom stereocenters. The Bertz CT molecular complexity index is 1330. The van der Waals surface area contributed by atoms with Crippen LogP contribution in [0.3, 0.4) is 0 Å². The molecule has 1 fully saturated rings. The Morgan fingerprint density at radius 3 is 2.53 bits per heavy atom. The first-order chi connectivity index (χ1) is 17.4. The van der Waals surface area contributed by atoms with Crippen molar-refractivity contribution in [2.75, 3.05) is 44.7 Å². The Balaban J connectivity index is 1.44. The van der Waals surface area contributed by atoms with Gasteiger partial charge in [0.2, 0.25) is 11.8 Å². The van der Waals surface area contributed by atoms with Crippen molar-refractivity contribution in [3.8, 4) is 17.0 Å². The Hall–Kier alpha value is -3.23. The number of aryl methyl sites for hydroxylation is 1. The van der Waals surface area contributed by atoms with Gasteiger partial charge in [-0.3, -0.25) is 9.38 Å². The summed E-state index contributed by atoms with van der Waals surface area (Å²) >= 11 is 0. The molecule has 2 atom stereocenters. The van der Waals surface area contributed by atoms with Gasteiger partial charge in [0.05, 0.1) is 47.3 Å². The van der Waals surface area contributed by atoms with E-state index in [-0.39, 0.29) is 12.2 Å². The van der Waals surface area contributed by atoms with E-state index in [1.54, 1.807) is 0 Å². The summed E-state index contributed by atoms with van der Waals surface area (Å²) in [5, 5.41) is 0. The number of nitrogens with zero attached hydrogens (tertiary/aromatic N) is 6. The minimum absolute atomic E-state index is 0.157. The van der Waals surface area contributed by atoms with Crippen LogP contribution in [0, 0.1) is 6.92 Å². The van der Waals surface area contributed by atoms with E-state index in [2.05, 4.69) is 71.3 Å². The van der Waals surface area contributed by atoms with Crippen molar-refractivity contribution >= 4 is 22.5 Å². The minimum atomic E-state index is 0.157. The molecule has 190 valence electrons. The zero-order valence-corrected chi connectivity index (χ0v) is 21.9. The van der Waals surface area contributed by atoms with Crippen LogP contribution in [-0.2, 0) is 4.74 Å². The maximum absolute atomic E-state index is 5.97. The zero-order chi connectivity index (χ0) is 25.2. The summed E-state index contributed by atoms with van der Waals surface area (Å²) in [4.78, 5) is 18.8. The highest BCUT2D eigenvalue weighted by Crippen LogP contribution is 2.30. The summed E-state index contributed by atoms with van der Waals surface area (Å²) in [6.07, 6.45) is 5.10. The molecule has 0 N–H and O–H groups in total. The van der Waals surface area contributed by atoms with Gasteiger partial charge >= 0.3 is 0 Å². The summed E-state index contributed by atoms with van der Waals surface area (Å²) in [5.41, 5.74) is 6.10. The van der Waals surface area contributed by atoms with Crippen LogP contribution in [0.25, 0.3) is 27.7 Å². The Morgan fingerprint density at radius 2 is 1.81 bits per heavy atom. The van der Waals surface area contributed by atoms with Crippen LogP contribution < -0.4 is 9.64 Å². The molecule has 36 heavy (non-hydrogen) atoms. The fourth-order valence-electron chi connectivity index (χ4n) is 4.90. The third kappa shape index (κ3) is 5.01. The predicted molar refractivity (Wildman–Crippen MR) is 144 cm³/mol. The van der Waals surface area contributed by atoms with Crippen molar-refractivity contribution in [3.63, 3.8) is 0 Å². The maximum atomic E-state index is 5.97. The maximum Gasteiger partial charge on any atom is 0.213 e. The topological polar surface area (TPSA) is 68.0 Å². The summed E-state index contributed by atoms with van der Waals surface area (Å²) in [7, 11) is 2.12. The molecule has 4 heterocycles. The van der Waals surface area contributed by atoms with E-state index >= 15 is 0 Å². The second-order valence-corrected chi connectivity index (χ2v) is 9.82. The van der Waals surface area contributed by atoms with Crippen molar-refractivity contribution in [3.05, 3.63) is 48.4 Å². The Labute approximate surface area is 212 Å². The number of pyridine rings is 1. The van der Waals surface area contributed by atoms with Crippen LogP contribution in [0.5, 0.6) is 5.88 Å². The van der Waals surface area contributed by atoms with E-state index in [9.17, 15) is 0 Å². The lowest BCUT2D eigenvalue weighted by Crippen LogP contribution is -2.46. The van der Waals surface area contributed by atoms with Gasteiger partial charge in [0.25, 0.3) is 0 Å². The number of anilines is 1. The highest BCUT2D eigenvalue weighted by atomic mass is 16.5. The van der Waals surface area contributed by atoms with Crippen molar-refractivity contribution in [1.82, 2.24) is 24.3 Å². The van der Waals surface area contributed by atoms with Gasteiger partial charge < -0.3 is 19.3 Å². The normalized spacial score (nSPS) is 18.4. The standard InChI is InChI=1S/C28H36N6O2/c1-6-32(5)12-7-13-35-27-11-9-23(15-30-27)22-8-10-24-25(14-22)34-26(16-29-24)21(4)31-28(34)33-17-19(2)36-20(3)18-33/h8-11,14-16,19-20H,6-7,12-13,17-18H2,1-5H3/t19-,20+. The summed E-state index contributed by atoms with van der Waals surface area (Å²) in [5.74, 6) is 1.61. The van der Waals surface area contributed by atoms with Crippen LogP contribution in [-0.4, -0.2) is 76.3 Å². The van der Waals surface area contributed by atoms with Gasteiger partial charge in [-0.05, 0) is 64.5 Å². The Morgan fingerprint density at radius 1 is 1.03 bits per heavy atom. The van der Waals surface area contributed by atoms with Crippen molar-refractivity contribution in [2.45, 2.75) is 46.3 Å². The first kappa shape index (κ1) is 24.5. The average Bonchev–Trinajstić information content (AvgIpc) is 3.23. The Kier molecular flexibility index (Phi) is 7.07. The number of morpholine rings is 1. The highest BCUT2D eigenvalue weighted by molar-refractivity contribution is 5.85. The second kappa shape index (κ2) is 10.4. The van der Waals surface area contributed by atoms with Gasteiger partial charge in [0, 0.05) is 37.5 Å². The van der Waals surface area contributed by atoms with Crippen molar-refractivity contribution in [1.29, 1.82) is 0 Å². The van der Waals surface area contributed by atoms with E-state index in [1.165, 1.54) is 0 Å². The van der Waals surface area contributed by atoms with Crippen molar-refractivity contribution < 1.29 is 9.47 Å². The fourth-order valence-corrected chi connectivity index (χ4v) is 4.90. The summed E-state index contributed by atoms with van der Waals surface area (Å²) in [6.45, 7) is 12.8. The molecule has 8 nitrogen and oxygen atoms in total. The van der Waals surface area contributed by atoms with Crippen molar-refractivity contribution in [2.24, 2.45) is 0 Å². The monoisotopic (exact) mass is 488 g/mol. The van der Waals surface area contributed by atoms with Crippen LogP contribution in [0.15, 0.2) is 42.7 Å². The smallest absolute Gasteiger partial charge is 0.213 e. The molecule has 0 amide bonds. The number of benzene rings is 1. The molecule has 0 spiro atoms. The van der Waals surface area contributed by atoms with Crippen LogP contribution in [0.4, 0.5) is 5.95 Å². The molecule has 0 radical (unpaired) electrons. The molecule has 5 rings (SSSR count). The van der Waals surface area contributed by atoms with E-state index in [1.807, 2.05) is 25.4 Å².